The second-order valence-electron chi connectivity index (χ2n) is 4.44. The van der Waals surface area contributed by atoms with Crippen molar-refractivity contribution in [2.75, 3.05) is 13.7 Å². The Hall–Kier alpha value is -1.81. The van der Waals surface area contributed by atoms with Gasteiger partial charge in [0.15, 0.2) is 11.6 Å². The quantitative estimate of drug-likeness (QED) is 0.871. The molecule has 0 amide bonds. The van der Waals surface area contributed by atoms with Gasteiger partial charge in [0.2, 0.25) is 0 Å². The lowest BCUT2D eigenvalue weighted by atomic mass is 9.93. The second-order valence-corrected chi connectivity index (χ2v) is 4.44. The molecule has 1 atom stereocenters. The number of halogens is 1. The van der Waals surface area contributed by atoms with E-state index in [2.05, 4.69) is 0 Å². The van der Waals surface area contributed by atoms with Gasteiger partial charge in [-0.25, -0.2) is 4.39 Å². The van der Waals surface area contributed by atoms with Gasteiger partial charge in [0.1, 0.15) is 5.76 Å². The highest BCUT2D eigenvalue weighted by Crippen LogP contribution is 2.25. The number of nitrogens with two attached hydrogens (primary N) is 1. The maximum atomic E-state index is 13.7. The molecular formula is C15H18FNO2. The average Bonchev–Trinajstić information content (AvgIpc) is 2.93. The number of furan rings is 1. The van der Waals surface area contributed by atoms with Crippen LogP contribution in [0.3, 0.4) is 0 Å². The summed E-state index contributed by atoms with van der Waals surface area (Å²) in [5.41, 5.74) is 6.68. The van der Waals surface area contributed by atoms with Crippen LogP contribution < -0.4 is 10.5 Å². The van der Waals surface area contributed by atoms with Crippen molar-refractivity contribution in [1.29, 1.82) is 0 Å². The van der Waals surface area contributed by atoms with Crippen molar-refractivity contribution in [2.45, 2.75) is 18.8 Å². The highest BCUT2D eigenvalue weighted by atomic mass is 19.1. The van der Waals surface area contributed by atoms with E-state index in [1.54, 1.807) is 12.3 Å². The zero-order valence-corrected chi connectivity index (χ0v) is 10.9. The summed E-state index contributed by atoms with van der Waals surface area (Å²) >= 11 is 0. The van der Waals surface area contributed by atoms with Gasteiger partial charge in [-0.3, -0.25) is 0 Å². The van der Waals surface area contributed by atoms with Crippen LogP contribution in [0.5, 0.6) is 5.75 Å². The predicted octanol–water partition coefficient (Wildman–Crippen LogP) is 3.10. The SMILES string of the molecule is COc1ccc(C(CN)CCc2ccco2)cc1F. The summed E-state index contributed by atoms with van der Waals surface area (Å²) in [4.78, 5) is 0. The fourth-order valence-corrected chi connectivity index (χ4v) is 2.13. The fourth-order valence-electron chi connectivity index (χ4n) is 2.13. The molecule has 2 N–H and O–H groups in total. The summed E-state index contributed by atoms with van der Waals surface area (Å²) in [7, 11) is 1.45. The van der Waals surface area contributed by atoms with Crippen molar-refractivity contribution in [1.82, 2.24) is 0 Å². The van der Waals surface area contributed by atoms with E-state index in [4.69, 9.17) is 14.9 Å². The number of methoxy groups -OCH3 is 1. The molecule has 0 aliphatic heterocycles. The van der Waals surface area contributed by atoms with E-state index in [0.717, 1.165) is 24.2 Å². The third kappa shape index (κ3) is 3.35. The number of ether oxygens (including phenoxy) is 1. The van der Waals surface area contributed by atoms with Crippen LogP contribution in [-0.4, -0.2) is 13.7 Å². The summed E-state index contributed by atoms with van der Waals surface area (Å²) in [6, 6.07) is 8.79. The number of hydrogen-bond acceptors (Lipinski definition) is 3. The normalized spacial score (nSPS) is 12.4. The molecule has 0 saturated heterocycles. The monoisotopic (exact) mass is 263 g/mol. The van der Waals surface area contributed by atoms with Crippen molar-refractivity contribution < 1.29 is 13.5 Å². The molecule has 0 bridgehead atoms. The van der Waals surface area contributed by atoms with Crippen LogP contribution in [0.15, 0.2) is 41.0 Å². The number of hydrogen-bond donors (Lipinski definition) is 1. The zero-order valence-electron chi connectivity index (χ0n) is 10.9. The molecule has 2 aromatic rings. The first kappa shape index (κ1) is 13.6. The molecule has 0 aliphatic rings. The van der Waals surface area contributed by atoms with Crippen LogP contribution in [0.25, 0.3) is 0 Å². The minimum atomic E-state index is -0.351. The van der Waals surface area contributed by atoms with E-state index in [9.17, 15) is 4.39 Å². The summed E-state index contributed by atoms with van der Waals surface area (Å²) in [6.07, 6.45) is 3.28. The Labute approximate surface area is 112 Å². The Kier molecular flexibility index (Phi) is 4.58. The van der Waals surface area contributed by atoms with Crippen LogP contribution >= 0.6 is 0 Å². The average molecular weight is 263 g/mol. The van der Waals surface area contributed by atoms with Gasteiger partial charge in [-0.05, 0) is 48.7 Å². The largest absolute Gasteiger partial charge is 0.494 e. The Balaban J connectivity index is 2.06. The second kappa shape index (κ2) is 6.38. The van der Waals surface area contributed by atoms with Gasteiger partial charge >= 0.3 is 0 Å². The predicted molar refractivity (Wildman–Crippen MR) is 71.8 cm³/mol. The molecule has 0 radical (unpaired) electrons. The number of rotatable bonds is 6. The Morgan fingerprint density at radius 1 is 1.37 bits per heavy atom. The van der Waals surface area contributed by atoms with E-state index < -0.39 is 0 Å². The maximum absolute atomic E-state index is 13.7. The van der Waals surface area contributed by atoms with E-state index in [-0.39, 0.29) is 17.5 Å². The Morgan fingerprint density at radius 3 is 2.79 bits per heavy atom. The van der Waals surface area contributed by atoms with Crippen molar-refractivity contribution in [3.8, 4) is 5.75 Å². The van der Waals surface area contributed by atoms with Gasteiger partial charge in [0, 0.05) is 6.42 Å². The standard InChI is InChI=1S/C15H18FNO2/c1-18-15-7-5-11(9-14(15)16)12(10-17)4-6-13-3-2-8-19-13/h2-3,5,7-9,12H,4,6,10,17H2,1H3. The first-order valence-corrected chi connectivity index (χ1v) is 6.30. The fraction of sp³-hybridized carbons (Fsp3) is 0.333. The third-order valence-corrected chi connectivity index (χ3v) is 3.25. The molecule has 1 unspecified atom stereocenters. The van der Waals surface area contributed by atoms with E-state index in [1.807, 2.05) is 18.2 Å². The molecular weight excluding hydrogens is 245 g/mol. The minimum Gasteiger partial charge on any atom is -0.494 e. The van der Waals surface area contributed by atoms with Crippen LogP contribution in [0, 0.1) is 5.82 Å². The van der Waals surface area contributed by atoms with Gasteiger partial charge in [0.25, 0.3) is 0 Å². The molecule has 0 saturated carbocycles. The molecule has 3 nitrogen and oxygen atoms in total. The van der Waals surface area contributed by atoms with Crippen LogP contribution in [-0.2, 0) is 6.42 Å². The van der Waals surface area contributed by atoms with Crippen molar-refractivity contribution in [3.05, 3.63) is 53.7 Å². The van der Waals surface area contributed by atoms with Crippen LogP contribution in [0.2, 0.25) is 0 Å². The number of aryl methyl sites for hydroxylation is 1. The van der Waals surface area contributed by atoms with Gasteiger partial charge < -0.3 is 14.9 Å². The van der Waals surface area contributed by atoms with E-state index in [1.165, 1.54) is 13.2 Å². The molecule has 102 valence electrons. The van der Waals surface area contributed by atoms with Crippen LogP contribution in [0.4, 0.5) is 4.39 Å². The van der Waals surface area contributed by atoms with E-state index in [0.29, 0.717) is 6.54 Å². The molecule has 1 aromatic heterocycles. The maximum Gasteiger partial charge on any atom is 0.165 e. The molecule has 1 aromatic carbocycles. The topological polar surface area (TPSA) is 48.4 Å². The minimum absolute atomic E-state index is 0.116. The Bertz CT molecular complexity index is 511. The smallest absolute Gasteiger partial charge is 0.165 e. The Morgan fingerprint density at radius 2 is 2.21 bits per heavy atom. The third-order valence-electron chi connectivity index (χ3n) is 3.25. The lowest BCUT2D eigenvalue weighted by Gasteiger charge is -2.15. The van der Waals surface area contributed by atoms with Gasteiger partial charge in [0.05, 0.1) is 13.4 Å². The van der Waals surface area contributed by atoms with Crippen molar-refractivity contribution >= 4 is 0 Å². The molecule has 19 heavy (non-hydrogen) atoms. The molecule has 0 fully saturated rings. The number of benzene rings is 1. The summed E-state index contributed by atoms with van der Waals surface area (Å²) < 4.78 is 23.9. The van der Waals surface area contributed by atoms with Crippen molar-refractivity contribution in [2.24, 2.45) is 5.73 Å². The molecule has 1 heterocycles. The summed E-state index contributed by atoms with van der Waals surface area (Å²) in [6.45, 7) is 0.479. The van der Waals surface area contributed by atoms with Gasteiger partial charge in [-0.1, -0.05) is 6.07 Å². The van der Waals surface area contributed by atoms with Gasteiger partial charge in [-0.15, -0.1) is 0 Å². The molecule has 0 spiro atoms. The van der Waals surface area contributed by atoms with Crippen molar-refractivity contribution in [3.63, 3.8) is 0 Å². The van der Waals surface area contributed by atoms with Gasteiger partial charge in [-0.2, -0.15) is 0 Å². The first-order chi connectivity index (χ1) is 9.24. The molecule has 4 heteroatoms. The molecule has 2 rings (SSSR count). The lowest BCUT2D eigenvalue weighted by Crippen LogP contribution is -2.13. The highest BCUT2D eigenvalue weighted by Gasteiger charge is 2.13. The van der Waals surface area contributed by atoms with E-state index >= 15 is 0 Å². The van der Waals surface area contributed by atoms with Crippen LogP contribution in [0.1, 0.15) is 23.7 Å². The summed E-state index contributed by atoms with van der Waals surface area (Å²) in [5, 5.41) is 0. The highest BCUT2D eigenvalue weighted by molar-refractivity contribution is 5.31. The first-order valence-electron chi connectivity index (χ1n) is 6.30. The zero-order chi connectivity index (χ0) is 13.7. The summed E-state index contributed by atoms with van der Waals surface area (Å²) in [5.74, 6) is 0.944. The molecule has 0 aliphatic carbocycles. The lowest BCUT2D eigenvalue weighted by molar-refractivity contribution is 0.385.